The quantitative estimate of drug-likeness (QED) is 0.321. The SMILES string of the molecule is CCn1c(C2Nc3cc(C(=O)N4CCCC(NC(=O)OC(C)(C)C)C4)cc(N(C)C(=O)OC(C)(C)C)c3N2C)cc2ccccc21. The van der Waals surface area contributed by atoms with Crippen LogP contribution in [0.5, 0.6) is 0 Å². The molecule has 2 aliphatic rings. The van der Waals surface area contributed by atoms with Crippen molar-refractivity contribution in [2.75, 3.05) is 42.3 Å². The number of carbonyl (C=O) groups excluding carboxylic acids is 3. The summed E-state index contributed by atoms with van der Waals surface area (Å²) in [5.74, 6) is -0.173. The summed E-state index contributed by atoms with van der Waals surface area (Å²) in [5, 5.41) is 7.73. The van der Waals surface area contributed by atoms with Crippen LogP contribution in [0.3, 0.4) is 0 Å². The van der Waals surface area contributed by atoms with Gasteiger partial charge < -0.3 is 34.5 Å². The summed E-state index contributed by atoms with van der Waals surface area (Å²) in [6, 6.07) is 13.9. The Balaban J connectivity index is 1.49. The number of para-hydroxylation sites is 1. The molecule has 5 rings (SSSR count). The number of rotatable bonds is 5. The Morgan fingerprint density at radius 3 is 2.39 bits per heavy atom. The average molecular weight is 633 g/mol. The minimum atomic E-state index is -0.694. The number of nitrogens with zero attached hydrogens (tertiary/aromatic N) is 4. The van der Waals surface area contributed by atoms with Crippen LogP contribution >= 0.6 is 0 Å². The largest absolute Gasteiger partial charge is 0.444 e. The molecule has 3 heterocycles. The summed E-state index contributed by atoms with van der Waals surface area (Å²) in [4.78, 5) is 45.3. The predicted molar refractivity (Wildman–Crippen MR) is 182 cm³/mol. The van der Waals surface area contributed by atoms with Crippen LogP contribution in [0.1, 0.15) is 83.5 Å². The molecular formula is C35H48N6O5. The average Bonchev–Trinajstić information content (AvgIpc) is 3.51. The highest BCUT2D eigenvalue weighted by Gasteiger charge is 2.36. The van der Waals surface area contributed by atoms with Crippen LogP contribution in [0.25, 0.3) is 10.9 Å². The second-order valence-corrected chi connectivity index (χ2v) is 14.2. The summed E-state index contributed by atoms with van der Waals surface area (Å²) in [6.45, 7) is 14.8. The van der Waals surface area contributed by atoms with Gasteiger partial charge in [0.05, 0.1) is 22.8 Å². The lowest BCUT2D eigenvalue weighted by molar-refractivity contribution is 0.0452. The van der Waals surface area contributed by atoms with E-state index in [1.807, 2.05) is 66.8 Å². The van der Waals surface area contributed by atoms with E-state index < -0.39 is 23.4 Å². The highest BCUT2D eigenvalue weighted by molar-refractivity contribution is 6.04. The summed E-state index contributed by atoms with van der Waals surface area (Å²) in [7, 11) is 3.66. The number of hydrogen-bond acceptors (Lipinski definition) is 7. The number of aromatic nitrogens is 1. The van der Waals surface area contributed by atoms with Crippen molar-refractivity contribution in [3.63, 3.8) is 0 Å². The fourth-order valence-electron chi connectivity index (χ4n) is 6.30. The predicted octanol–water partition coefficient (Wildman–Crippen LogP) is 6.72. The van der Waals surface area contributed by atoms with Crippen LogP contribution in [-0.4, -0.2) is 72.0 Å². The molecule has 2 aliphatic heterocycles. The van der Waals surface area contributed by atoms with Crippen molar-refractivity contribution < 1.29 is 23.9 Å². The maximum absolute atomic E-state index is 14.1. The summed E-state index contributed by atoms with van der Waals surface area (Å²) in [5.41, 5.74) is 3.47. The maximum Gasteiger partial charge on any atom is 0.414 e. The number of hydrogen-bond donors (Lipinski definition) is 2. The fraction of sp³-hybridized carbons (Fsp3) is 0.514. The number of alkyl carbamates (subject to hydrolysis) is 1. The first kappa shape index (κ1) is 33.0. The van der Waals surface area contributed by atoms with E-state index in [0.29, 0.717) is 24.3 Å². The smallest absolute Gasteiger partial charge is 0.414 e. The van der Waals surface area contributed by atoms with Crippen molar-refractivity contribution >= 4 is 46.1 Å². The normalized spacial score (nSPS) is 18.2. The van der Waals surface area contributed by atoms with E-state index in [1.54, 1.807) is 18.0 Å². The molecule has 2 atom stereocenters. The van der Waals surface area contributed by atoms with Crippen molar-refractivity contribution in [3.05, 3.63) is 53.7 Å². The van der Waals surface area contributed by atoms with Crippen LogP contribution in [-0.2, 0) is 16.0 Å². The molecule has 11 heteroatoms. The molecule has 2 aromatic carbocycles. The van der Waals surface area contributed by atoms with Gasteiger partial charge in [-0.05, 0) is 85.6 Å². The molecule has 0 spiro atoms. The van der Waals surface area contributed by atoms with Gasteiger partial charge in [0.1, 0.15) is 17.4 Å². The third kappa shape index (κ3) is 6.88. The number of benzene rings is 2. The summed E-state index contributed by atoms with van der Waals surface area (Å²) in [6.07, 6.45) is 0.244. The van der Waals surface area contributed by atoms with E-state index in [2.05, 4.69) is 45.2 Å². The minimum Gasteiger partial charge on any atom is -0.444 e. The van der Waals surface area contributed by atoms with Gasteiger partial charge in [0.15, 0.2) is 0 Å². The van der Waals surface area contributed by atoms with Gasteiger partial charge in [0, 0.05) is 56.2 Å². The lowest BCUT2D eigenvalue weighted by Gasteiger charge is -2.34. The number of likely N-dealkylation sites (tertiary alicyclic amines) is 1. The lowest BCUT2D eigenvalue weighted by Crippen LogP contribution is -2.50. The molecule has 3 aromatic rings. The van der Waals surface area contributed by atoms with Crippen LogP contribution in [0, 0.1) is 0 Å². The van der Waals surface area contributed by atoms with Gasteiger partial charge in [-0.1, -0.05) is 18.2 Å². The summed E-state index contributed by atoms with van der Waals surface area (Å²) >= 11 is 0. The molecule has 2 unspecified atom stereocenters. The zero-order chi connectivity index (χ0) is 33.6. The molecule has 0 radical (unpaired) electrons. The molecule has 1 aromatic heterocycles. The number of amides is 3. The van der Waals surface area contributed by atoms with Gasteiger partial charge in [-0.2, -0.15) is 0 Å². The Bertz CT molecular complexity index is 1630. The maximum atomic E-state index is 14.1. The molecule has 248 valence electrons. The molecule has 1 saturated heterocycles. The Morgan fingerprint density at radius 2 is 1.72 bits per heavy atom. The number of aryl methyl sites for hydroxylation is 1. The standard InChI is InChI=1S/C35H48N6O5/c1-10-41-26-16-12-11-14-22(26)19-28(41)30-37-25-18-23(20-27(29(25)39(30)9)38(8)33(44)46-35(5,6)7)31(42)40-17-13-15-24(21-40)36-32(43)45-34(2,3)4/h11-12,14,16,18-20,24,30,37H,10,13,15,17,21H2,1-9H3,(H,36,43). The molecule has 0 saturated carbocycles. The highest BCUT2D eigenvalue weighted by atomic mass is 16.6. The number of fused-ring (bicyclic) bond motifs is 2. The molecule has 0 aliphatic carbocycles. The Labute approximate surface area is 271 Å². The van der Waals surface area contributed by atoms with Gasteiger partial charge in [0.2, 0.25) is 0 Å². The first-order chi connectivity index (χ1) is 21.6. The zero-order valence-corrected chi connectivity index (χ0v) is 28.6. The van der Waals surface area contributed by atoms with Crippen molar-refractivity contribution in [2.24, 2.45) is 0 Å². The van der Waals surface area contributed by atoms with E-state index in [4.69, 9.17) is 9.47 Å². The van der Waals surface area contributed by atoms with Gasteiger partial charge >= 0.3 is 12.2 Å². The van der Waals surface area contributed by atoms with E-state index in [0.717, 1.165) is 47.4 Å². The molecule has 2 N–H and O–H groups in total. The second-order valence-electron chi connectivity index (χ2n) is 14.2. The number of ether oxygens (including phenoxy) is 2. The topological polar surface area (TPSA) is 108 Å². The zero-order valence-electron chi connectivity index (χ0n) is 28.6. The van der Waals surface area contributed by atoms with Crippen molar-refractivity contribution in [2.45, 2.75) is 91.3 Å². The third-order valence-electron chi connectivity index (χ3n) is 8.27. The molecule has 11 nitrogen and oxygen atoms in total. The molecule has 1 fully saturated rings. The number of piperidine rings is 1. The fourth-order valence-corrected chi connectivity index (χ4v) is 6.30. The Kier molecular flexibility index (Phi) is 8.90. The van der Waals surface area contributed by atoms with Crippen LogP contribution < -0.4 is 20.4 Å². The highest BCUT2D eigenvalue weighted by Crippen LogP contribution is 2.48. The second kappa shape index (κ2) is 12.4. The Hall–Kier alpha value is -4.41. The van der Waals surface area contributed by atoms with Crippen molar-refractivity contribution in [3.8, 4) is 0 Å². The number of nitrogens with one attached hydrogen (secondary N) is 2. The number of anilines is 3. The van der Waals surface area contributed by atoms with Gasteiger partial charge in [0.25, 0.3) is 5.91 Å². The molecule has 3 amide bonds. The van der Waals surface area contributed by atoms with E-state index in [9.17, 15) is 14.4 Å². The number of carbonyl (C=O) groups is 3. The van der Waals surface area contributed by atoms with Crippen LogP contribution in [0.2, 0.25) is 0 Å². The first-order valence-corrected chi connectivity index (χ1v) is 16.1. The van der Waals surface area contributed by atoms with E-state index >= 15 is 0 Å². The van der Waals surface area contributed by atoms with Crippen LogP contribution in [0.4, 0.5) is 26.7 Å². The van der Waals surface area contributed by atoms with Gasteiger partial charge in [-0.25, -0.2) is 9.59 Å². The van der Waals surface area contributed by atoms with Gasteiger partial charge in [-0.15, -0.1) is 0 Å². The molecular weight excluding hydrogens is 584 g/mol. The third-order valence-corrected chi connectivity index (χ3v) is 8.27. The summed E-state index contributed by atoms with van der Waals surface area (Å²) < 4.78 is 13.5. The Morgan fingerprint density at radius 1 is 1.02 bits per heavy atom. The van der Waals surface area contributed by atoms with Gasteiger partial charge in [-0.3, -0.25) is 9.69 Å². The van der Waals surface area contributed by atoms with E-state index in [-0.39, 0.29) is 18.1 Å². The van der Waals surface area contributed by atoms with Crippen molar-refractivity contribution in [1.82, 2.24) is 14.8 Å². The molecule has 46 heavy (non-hydrogen) atoms. The first-order valence-electron chi connectivity index (χ1n) is 16.1. The minimum absolute atomic E-state index is 0.173. The van der Waals surface area contributed by atoms with Crippen LogP contribution in [0.15, 0.2) is 42.5 Å². The monoisotopic (exact) mass is 632 g/mol. The van der Waals surface area contributed by atoms with E-state index in [1.165, 1.54) is 4.90 Å². The van der Waals surface area contributed by atoms with Crippen molar-refractivity contribution in [1.29, 1.82) is 0 Å². The molecule has 0 bridgehead atoms. The lowest BCUT2D eigenvalue weighted by atomic mass is 10.0.